The molecule has 0 spiro atoms. The van der Waals surface area contributed by atoms with Crippen LogP contribution in [0, 0.1) is 0 Å². The van der Waals surface area contributed by atoms with Crippen molar-refractivity contribution in [2.45, 2.75) is 26.4 Å². The van der Waals surface area contributed by atoms with Crippen LogP contribution in [0.1, 0.15) is 31.1 Å². The van der Waals surface area contributed by atoms with Crippen molar-refractivity contribution in [2.24, 2.45) is 0 Å². The van der Waals surface area contributed by atoms with Crippen LogP contribution in [-0.2, 0) is 4.74 Å². The molecule has 1 amide bonds. The van der Waals surface area contributed by atoms with E-state index in [1.54, 1.807) is 45.3 Å². The lowest BCUT2D eigenvalue weighted by Crippen LogP contribution is -2.27. The molecule has 2 rings (SSSR count). The molecule has 0 unspecified atom stereocenters. The number of nitrogens with one attached hydrogen (secondary N) is 1. The molecule has 0 saturated heterocycles. The van der Waals surface area contributed by atoms with Crippen LogP contribution in [0.15, 0.2) is 30.6 Å². The van der Waals surface area contributed by atoms with Crippen LogP contribution < -0.4 is 5.32 Å². The van der Waals surface area contributed by atoms with E-state index < -0.39 is 17.7 Å². The average molecular weight is 320 g/mol. The Morgan fingerprint density at radius 1 is 1.27 bits per heavy atom. The number of carbonyl (C=O) groups excluding carboxylic acids is 1. The lowest BCUT2D eigenvalue weighted by molar-refractivity contribution is 0.0636. The molecule has 116 valence electrons. The Bertz CT molecular complexity index is 689. The van der Waals surface area contributed by atoms with Crippen molar-refractivity contribution in [1.29, 1.82) is 0 Å². The molecule has 6 nitrogen and oxygen atoms in total. The highest BCUT2D eigenvalue weighted by atomic mass is 32.1. The van der Waals surface area contributed by atoms with Crippen LogP contribution in [0.5, 0.6) is 0 Å². The number of rotatable bonds is 3. The summed E-state index contributed by atoms with van der Waals surface area (Å²) in [7, 11) is 0. The Kier molecular flexibility index (Phi) is 4.46. The molecule has 0 aromatic carbocycles. The number of anilines is 1. The minimum absolute atomic E-state index is 0.0303. The molecule has 0 aliphatic rings. The number of carboxylic acid groups (broad SMARTS) is 1. The van der Waals surface area contributed by atoms with E-state index in [9.17, 15) is 14.7 Å². The normalized spacial score (nSPS) is 11.0. The number of pyridine rings is 1. The number of hydrogen-bond donors (Lipinski definition) is 2. The Morgan fingerprint density at radius 3 is 2.45 bits per heavy atom. The Balaban J connectivity index is 2.29. The Labute approximate surface area is 131 Å². The van der Waals surface area contributed by atoms with Crippen molar-refractivity contribution < 1.29 is 19.4 Å². The van der Waals surface area contributed by atoms with E-state index in [0.717, 1.165) is 10.4 Å². The van der Waals surface area contributed by atoms with Gasteiger partial charge in [-0.15, -0.1) is 11.3 Å². The van der Waals surface area contributed by atoms with Gasteiger partial charge in [-0.05, 0) is 44.5 Å². The molecule has 0 aliphatic heterocycles. The van der Waals surface area contributed by atoms with Crippen LogP contribution in [-0.4, -0.2) is 27.8 Å². The fraction of sp³-hybridized carbons (Fsp3) is 0.267. The molecule has 0 bridgehead atoms. The summed E-state index contributed by atoms with van der Waals surface area (Å²) < 4.78 is 5.15. The fourth-order valence-corrected chi connectivity index (χ4v) is 2.74. The summed E-state index contributed by atoms with van der Waals surface area (Å²) in [5, 5.41) is 12.0. The molecule has 0 radical (unpaired) electrons. The topological polar surface area (TPSA) is 88.5 Å². The quantitative estimate of drug-likeness (QED) is 0.896. The second kappa shape index (κ2) is 6.15. The first kappa shape index (κ1) is 16.0. The van der Waals surface area contributed by atoms with Crippen LogP contribution in [0.4, 0.5) is 9.80 Å². The van der Waals surface area contributed by atoms with E-state index in [-0.39, 0.29) is 10.6 Å². The van der Waals surface area contributed by atoms with Crippen molar-refractivity contribution in [2.75, 3.05) is 5.32 Å². The van der Waals surface area contributed by atoms with Gasteiger partial charge in [-0.3, -0.25) is 10.3 Å². The SMILES string of the molecule is CC(C)(C)OC(=O)Nc1sc(-c2ccncc2)cc1C(=O)O. The molecule has 22 heavy (non-hydrogen) atoms. The number of thiophene rings is 1. The maximum atomic E-state index is 11.8. The van der Waals surface area contributed by atoms with Crippen LogP contribution >= 0.6 is 11.3 Å². The van der Waals surface area contributed by atoms with Crippen LogP contribution in [0.25, 0.3) is 10.4 Å². The number of ether oxygens (including phenoxy) is 1. The highest BCUT2D eigenvalue weighted by Gasteiger charge is 2.21. The first-order valence-corrected chi connectivity index (χ1v) is 7.35. The first-order valence-electron chi connectivity index (χ1n) is 6.54. The van der Waals surface area contributed by atoms with E-state index >= 15 is 0 Å². The summed E-state index contributed by atoms with van der Waals surface area (Å²) in [4.78, 5) is 27.8. The van der Waals surface area contributed by atoms with E-state index in [0.29, 0.717) is 0 Å². The van der Waals surface area contributed by atoms with Crippen molar-refractivity contribution in [3.63, 3.8) is 0 Å². The third-order valence-corrected chi connectivity index (χ3v) is 3.64. The molecule has 2 aromatic heterocycles. The standard InChI is InChI=1S/C15H16N2O4S/c1-15(2,3)21-14(20)17-12-10(13(18)19)8-11(22-12)9-4-6-16-7-5-9/h4-8H,1-3H3,(H,17,20)(H,18,19). The highest BCUT2D eigenvalue weighted by Crippen LogP contribution is 2.35. The number of aromatic nitrogens is 1. The number of hydrogen-bond acceptors (Lipinski definition) is 5. The minimum Gasteiger partial charge on any atom is -0.478 e. The van der Waals surface area contributed by atoms with Gasteiger partial charge in [-0.1, -0.05) is 0 Å². The molecule has 2 heterocycles. The minimum atomic E-state index is -1.11. The molecule has 7 heteroatoms. The molecular weight excluding hydrogens is 304 g/mol. The summed E-state index contributed by atoms with van der Waals surface area (Å²) >= 11 is 1.17. The Morgan fingerprint density at radius 2 is 1.91 bits per heavy atom. The molecule has 0 saturated carbocycles. The zero-order chi connectivity index (χ0) is 16.3. The predicted molar refractivity (Wildman–Crippen MR) is 84.4 cm³/mol. The zero-order valence-electron chi connectivity index (χ0n) is 12.4. The second-order valence-corrected chi connectivity index (χ2v) is 6.57. The lowest BCUT2D eigenvalue weighted by atomic mass is 10.2. The van der Waals surface area contributed by atoms with Crippen molar-refractivity contribution >= 4 is 28.4 Å². The summed E-state index contributed by atoms with van der Waals surface area (Å²) in [6, 6.07) is 5.07. The zero-order valence-corrected chi connectivity index (χ0v) is 13.2. The van der Waals surface area contributed by atoms with Crippen LogP contribution in [0.3, 0.4) is 0 Å². The molecule has 0 aliphatic carbocycles. The average Bonchev–Trinajstić information content (AvgIpc) is 2.81. The van der Waals surface area contributed by atoms with Crippen molar-refractivity contribution in [3.05, 3.63) is 36.2 Å². The number of carbonyl (C=O) groups is 2. The van der Waals surface area contributed by atoms with Crippen molar-refractivity contribution in [1.82, 2.24) is 4.98 Å². The highest BCUT2D eigenvalue weighted by molar-refractivity contribution is 7.20. The van der Waals surface area contributed by atoms with E-state index in [1.165, 1.54) is 17.4 Å². The molecular formula is C15H16N2O4S. The summed E-state index contributed by atoms with van der Waals surface area (Å²) in [5.74, 6) is -1.11. The largest absolute Gasteiger partial charge is 0.478 e. The van der Waals surface area contributed by atoms with E-state index in [4.69, 9.17) is 4.74 Å². The maximum Gasteiger partial charge on any atom is 0.412 e. The number of carboxylic acids is 1. The fourth-order valence-electron chi connectivity index (χ4n) is 1.70. The lowest BCUT2D eigenvalue weighted by Gasteiger charge is -2.19. The van der Waals surface area contributed by atoms with Gasteiger partial charge in [0.2, 0.25) is 0 Å². The van der Waals surface area contributed by atoms with Gasteiger partial charge in [0.05, 0.1) is 5.56 Å². The van der Waals surface area contributed by atoms with Gasteiger partial charge in [-0.25, -0.2) is 9.59 Å². The molecule has 0 atom stereocenters. The number of nitrogens with zero attached hydrogens (tertiary/aromatic N) is 1. The molecule has 2 aromatic rings. The van der Waals surface area contributed by atoms with Gasteiger partial charge >= 0.3 is 12.1 Å². The van der Waals surface area contributed by atoms with Gasteiger partial charge in [0.1, 0.15) is 10.6 Å². The second-order valence-electron chi connectivity index (χ2n) is 5.52. The van der Waals surface area contributed by atoms with E-state index in [2.05, 4.69) is 10.3 Å². The van der Waals surface area contributed by atoms with Gasteiger partial charge in [0, 0.05) is 17.3 Å². The van der Waals surface area contributed by atoms with Gasteiger partial charge in [0.15, 0.2) is 0 Å². The molecule has 2 N–H and O–H groups in total. The smallest absolute Gasteiger partial charge is 0.412 e. The summed E-state index contributed by atoms with van der Waals surface area (Å²) in [6.07, 6.45) is 2.56. The third-order valence-electron chi connectivity index (χ3n) is 2.54. The van der Waals surface area contributed by atoms with E-state index in [1.807, 2.05) is 0 Å². The van der Waals surface area contributed by atoms with Crippen LogP contribution in [0.2, 0.25) is 0 Å². The maximum absolute atomic E-state index is 11.8. The summed E-state index contributed by atoms with van der Waals surface area (Å²) in [5.41, 5.74) is 0.209. The van der Waals surface area contributed by atoms with Gasteiger partial charge < -0.3 is 9.84 Å². The van der Waals surface area contributed by atoms with Gasteiger partial charge in [-0.2, -0.15) is 0 Å². The summed E-state index contributed by atoms with van der Waals surface area (Å²) in [6.45, 7) is 5.21. The van der Waals surface area contributed by atoms with Crippen molar-refractivity contribution in [3.8, 4) is 10.4 Å². The monoisotopic (exact) mass is 320 g/mol. The first-order chi connectivity index (χ1) is 10.3. The Hall–Kier alpha value is -2.41. The third kappa shape index (κ3) is 4.05. The number of aromatic carboxylic acids is 1. The van der Waals surface area contributed by atoms with Gasteiger partial charge in [0.25, 0.3) is 0 Å². The number of amides is 1. The predicted octanol–water partition coefficient (Wildman–Crippen LogP) is 3.86. The molecule has 0 fully saturated rings.